The van der Waals surface area contributed by atoms with Gasteiger partial charge < -0.3 is 26.2 Å². The van der Waals surface area contributed by atoms with Crippen LogP contribution in [0.15, 0.2) is 30.5 Å². The lowest BCUT2D eigenvalue weighted by molar-refractivity contribution is 0.224. The van der Waals surface area contributed by atoms with Crippen LogP contribution >= 0.6 is 0 Å². The van der Waals surface area contributed by atoms with Crippen LogP contribution in [0.25, 0.3) is 0 Å². The van der Waals surface area contributed by atoms with E-state index in [0.29, 0.717) is 34.3 Å². The molecule has 7 nitrogen and oxygen atoms in total. The second-order valence-corrected chi connectivity index (χ2v) is 4.56. The van der Waals surface area contributed by atoms with Gasteiger partial charge >= 0.3 is 0 Å². The van der Waals surface area contributed by atoms with Crippen LogP contribution in [0.2, 0.25) is 0 Å². The number of nitrogens with two attached hydrogens (primary N) is 1. The molecule has 2 rings (SSSR count). The van der Waals surface area contributed by atoms with E-state index in [1.165, 1.54) is 0 Å². The minimum atomic E-state index is -0.732. The second kappa shape index (κ2) is 6.65. The van der Waals surface area contributed by atoms with E-state index in [2.05, 4.69) is 21.7 Å². The monoisotopic (exact) mass is 299 g/mol. The Hall–Kier alpha value is -2.98. The largest absolute Gasteiger partial charge is 0.456 e. The maximum atomic E-state index is 9.32. The SMILES string of the molecule is CNc1c(N)ccc(Oc2ccnc(NC(C)O)c2)c1C#N. The van der Waals surface area contributed by atoms with Crippen molar-refractivity contribution in [2.24, 2.45) is 0 Å². The molecule has 7 heteroatoms. The number of aliphatic hydroxyl groups is 1. The zero-order valence-electron chi connectivity index (χ0n) is 12.3. The Bertz CT molecular complexity index is 710. The van der Waals surface area contributed by atoms with Gasteiger partial charge in [-0.05, 0) is 25.1 Å². The first-order valence-corrected chi connectivity index (χ1v) is 6.64. The predicted octanol–water partition coefficient (Wildman–Crippen LogP) is 2.12. The van der Waals surface area contributed by atoms with E-state index in [1.807, 2.05) is 0 Å². The molecular formula is C15H17N5O2. The van der Waals surface area contributed by atoms with E-state index in [1.54, 1.807) is 44.4 Å². The molecule has 0 saturated carbocycles. The molecule has 0 aliphatic carbocycles. The number of nitrogen functional groups attached to an aromatic ring is 1. The zero-order valence-corrected chi connectivity index (χ0v) is 12.3. The lowest BCUT2D eigenvalue weighted by atomic mass is 10.1. The number of anilines is 3. The molecule has 0 bridgehead atoms. The average molecular weight is 299 g/mol. The molecule has 2 aromatic rings. The summed E-state index contributed by atoms with van der Waals surface area (Å²) in [5, 5.41) is 24.3. The second-order valence-electron chi connectivity index (χ2n) is 4.56. The average Bonchev–Trinajstić information content (AvgIpc) is 2.48. The number of nitriles is 1. The molecule has 0 aliphatic rings. The molecule has 114 valence electrons. The van der Waals surface area contributed by atoms with Crippen LogP contribution in [0.3, 0.4) is 0 Å². The van der Waals surface area contributed by atoms with Crippen molar-refractivity contribution >= 4 is 17.2 Å². The third-order valence-corrected chi connectivity index (χ3v) is 2.88. The standard InChI is InChI=1S/C15H17N5O2/c1-9(21)20-14-7-10(5-6-19-14)22-13-4-3-12(17)15(18-2)11(13)8-16/h3-7,9,18,21H,17H2,1-2H3,(H,19,20). The molecule has 1 heterocycles. The molecule has 0 amide bonds. The van der Waals surface area contributed by atoms with Gasteiger partial charge in [-0.2, -0.15) is 5.26 Å². The Kier molecular flexibility index (Phi) is 4.66. The number of benzene rings is 1. The highest BCUT2D eigenvalue weighted by Gasteiger charge is 2.13. The number of rotatable bonds is 5. The minimum Gasteiger partial charge on any atom is -0.456 e. The van der Waals surface area contributed by atoms with E-state index in [-0.39, 0.29) is 0 Å². The Labute approximate surface area is 128 Å². The van der Waals surface area contributed by atoms with E-state index in [9.17, 15) is 10.4 Å². The van der Waals surface area contributed by atoms with Gasteiger partial charge in [0.1, 0.15) is 35.2 Å². The smallest absolute Gasteiger partial charge is 0.147 e. The minimum absolute atomic E-state index is 0.323. The highest BCUT2D eigenvalue weighted by molar-refractivity contribution is 5.77. The summed E-state index contributed by atoms with van der Waals surface area (Å²) < 4.78 is 5.74. The lowest BCUT2D eigenvalue weighted by Gasteiger charge is -2.14. The zero-order chi connectivity index (χ0) is 16.1. The number of hydrogen-bond acceptors (Lipinski definition) is 7. The summed E-state index contributed by atoms with van der Waals surface area (Å²) in [6, 6.07) is 8.67. The van der Waals surface area contributed by atoms with Crippen molar-refractivity contribution in [2.45, 2.75) is 13.2 Å². The molecule has 22 heavy (non-hydrogen) atoms. The van der Waals surface area contributed by atoms with Crippen molar-refractivity contribution in [3.63, 3.8) is 0 Å². The van der Waals surface area contributed by atoms with E-state index in [4.69, 9.17) is 10.5 Å². The lowest BCUT2D eigenvalue weighted by Crippen LogP contribution is -2.14. The van der Waals surface area contributed by atoms with Crippen molar-refractivity contribution in [1.82, 2.24) is 4.98 Å². The maximum absolute atomic E-state index is 9.32. The van der Waals surface area contributed by atoms with Gasteiger partial charge in [0.15, 0.2) is 0 Å². The summed E-state index contributed by atoms with van der Waals surface area (Å²) in [6.45, 7) is 1.59. The first kappa shape index (κ1) is 15.4. The summed E-state index contributed by atoms with van der Waals surface area (Å²) in [6.07, 6.45) is 0.812. The quantitative estimate of drug-likeness (QED) is 0.493. The molecule has 1 aromatic carbocycles. The number of aliphatic hydroxyl groups excluding tert-OH is 1. The summed E-state index contributed by atoms with van der Waals surface area (Å²) in [7, 11) is 1.69. The van der Waals surface area contributed by atoms with Crippen molar-refractivity contribution in [3.05, 3.63) is 36.0 Å². The fourth-order valence-corrected chi connectivity index (χ4v) is 1.96. The van der Waals surface area contributed by atoms with Gasteiger partial charge in [0, 0.05) is 19.3 Å². The van der Waals surface area contributed by atoms with E-state index >= 15 is 0 Å². The molecule has 5 N–H and O–H groups in total. The summed E-state index contributed by atoms with van der Waals surface area (Å²) >= 11 is 0. The summed E-state index contributed by atoms with van der Waals surface area (Å²) in [4.78, 5) is 4.06. The molecule has 0 radical (unpaired) electrons. The topological polar surface area (TPSA) is 116 Å². The van der Waals surface area contributed by atoms with Gasteiger partial charge in [-0.15, -0.1) is 0 Å². The normalized spacial score (nSPS) is 11.4. The van der Waals surface area contributed by atoms with Gasteiger partial charge in [-0.1, -0.05) is 0 Å². The molecular weight excluding hydrogens is 282 g/mol. The van der Waals surface area contributed by atoms with Gasteiger partial charge in [0.05, 0.1) is 11.4 Å². The van der Waals surface area contributed by atoms with Crippen LogP contribution in [0, 0.1) is 11.3 Å². The Morgan fingerprint density at radius 2 is 2.18 bits per heavy atom. The third kappa shape index (κ3) is 3.37. The van der Waals surface area contributed by atoms with Crippen molar-refractivity contribution in [1.29, 1.82) is 5.26 Å². The number of nitrogens with one attached hydrogen (secondary N) is 2. The van der Waals surface area contributed by atoms with Crippen LogP contribution in [-0.4, -0.2) is 23.4 Å². The number of hydrogen-bond donors (Lipinski definition) is 4. The van der Waals surface area contributed by atoms with E-state index < -0.39 is 6.23 Å². The van der Waals surface area contributed by atoms with Gasteiger partial charge in [-0.25, -0.2) is 4.98 Å². The molecule has 0 aliphatic heterocycles. The number of ether oxygens (including phenoxy) is 1. The Morgan fingerprint density at radius 1 is 1.41 bits per heavy atom. The maximum Gasteiger partial charge on any atom is 0.147 e. The first-order chi connectivity index (χ1) is 10.5. The van der Waals surface area contributed by atoms with Crippen molar-refractivity contribution in [3.8, 4) is 17.6 Å². The molecule has 0 saturated heterocycles. The summed E-state index contributed by atoms with van der Waals surface area (Å²) in [5.74, 6) is 1.34. The Balaban J connectivity index is 2.34. The summed E-state index contributed by atoms with van der Waals surface area (Å²) in [5.41, 5.74) is 7.15. The van der Waals surface area contributed by atoms with Gasteiger partial charge in [0.25, 0.3) is 0 Å². The van der Waals surface area contributed by atoms with Crippen molar-refractivity contribution in [2.75, 3.05) is 23.4 Å². The fraction of sp³-hybridized carbons (Fsp3) is 0.200. The Morgan fingerprint density at radius 3 is 2.82 bits per heavy atom. The van der Waals surface area contributed by atoms with Crippen LogP contribution in [0.5, 0.6) is 11.5 Å². The number of aromatic nitrogens is 1. The van der Waals surface area contributed by atoms with E-state index in [0.717, 1.165) is 0 Å². The highest BCUT2D eigenvalue weighted by Crippen LogP contribution is 2.34. The number of pyridine rings is 1. The first-order valence-electron chi connectivity index (χ1n) is 6.64. The molecule has 1 atom stereocenters. The molecule has 1 unspecified atom stereocenters. The van der Waals surface area contributed by atoms with Gasteiger partial charge in [-0.3, -0.25) is 0 Å². The van der Waals surface area contributed by atoms with Crippen molar-refractivity contribution < 1.29 is 9.84 Å². The van der Waals surface area contributed by atoms with Crippen LogP contribution in [0.1, 0.15) is 12.5 Å². The molecule has 0 fully saturated rings. The molecule has 0 spiro atoms. The van der Waals surface area contributed by atoms with Crippen LogP contribution in [0.4, 0.5) is 17.2 Å². The van der Waals surface area contributed by atoms with Crippen LogP contribution in [-0.2, 0) is 0 Å². The third-order valence-electron chi connectivity index (χ3n) is 2.88. The highest BCUT2D eigenvalue weighted by atomic mass is 16.5. The predicted molar refractivity (Wildman–Crippen MR) is 84.7 cm³/mol. The number of nitrogens with zero attached hydrogens (tertiary/aromatic N) is 2. The molecule has 1 aromatic heterocycles. The van der Waals surface area contributed by atoms with Crippen LogP contribution < -0.4 is 21.1 Å². The fourth-order valence-electron chi connectivity index (χ4n) is 1.96. The van der Waals surface area contributed by atoms with Gasteiger partial charge in [0.2, 0.25) is 0 Å².